The summed E-state index contributed by atoms with van der Waals surface area (Å²) in [5.74, 6) is -1.17. The molecule has 2 heterocycles. The van der Waals surface area contributed by atoms with Crippen LogP contribution in [0.4, 0.5) is 4.39 Å². The molecule has 0 bridgehead atoms. The molecule has 0 aliphatic heterocycles. The number of hydrogen-bond acceptors (Lipinski definition) is 4. The molecule has 0 amide bonds. The molecule has 21 heavy (non-hydrogen) atoms. The quantitative estimate of drug-likeness (QED) is 0.669. The van der Waals surface area contributed by atoms with Crippen LogP contribution in [0.25, 0.3) is 4.96 Å². The number of fused-ring (bicyclic) bond motifs is 1. The Morgan fingerprint density at radius 3 is 3.00 bits per heavy atom. The molecule has 0 spiro atoms. The van der Waals surface area contributed by atoms with Gasteiger partial charge in [-0.2, -0.15) is 0 Å². The predicted molar refractivity (Wildman–Crippen MR) is 78.6 cm³/mol. The smallest absolute Gasteiger partial charge is 0.340 e. The Balaban J connectivity index is 1.79. The molecule has 0 N–H and O–H groups in total. The van der Waals surface area contributed by atoms with Gasteiger partial charge in [-0.05, 0) is 18.2 Å². The van der Waals surface area contributed by atoms with Crippen LogP contribution in [0.1, 0.15) is 16.1 Å². The number of carbonyl (C=O) groups is 1. The third-order valence-electron chi connectivity index (χ3n) is 2.80. The highest BCUT2D eigenvalue weighted by Crippen LogP contribution is 2.23. The molecule has 108 valence electrons. The molecule has 1 aromatic carbocycles. The molecule has 4 nitrogen and oxygen atoms in total. The van der Waals surface area contributed by atoms with Crippen molar-refractivity contribution in [2.24, 2.45) is 0 Å². The van der Waals surface area contributed by atoms with E-state index in [0.717, 1.165) is 12.1 Å². The van der Waals surface area contributed by atoms with Gasteiger partial charge in [-0.25, -0.2) is 14.2 Å². The van der Waals surface area contributed by atoms with Crippen LogP contribution in [0.2, 0.25) is 10.2 Å². The minimum absolute atomic E-state index is 0.0000568. The van der Waals surface area contributed by atoms with Crippen LogP contribution in [0.15, 0.2) is 29.8 Å². The first-order valence-electron chi connectivity index (χ1n) is 5.78. The van der Waals surface area contributed by atoms with Crippen molar-refractivity contribution in [3.05, 3.63) is 57.0 Å². The van der Waals surface area contributed by atoms with E-state index >= 15 is 0 Å². The first kappa shape index (κ1) is 14.3. The first-order chi connectivity index (χ1) is 10.1. The summed E-state index contributed by atoms with van der Waals surface area (Å²) in [5.41, 5.74) is 0.666. The van der Waals surface area contributed by atoms with Crippen LogP contribution < -0.4 is 0 Å². The van der Waals surface area contributed by atoms with Crippen LogP contribution in [0, 0.1) is 5.82 Å². The Labute approximate surface area is 132 Å². The summed E-state index contributed by atoms with van der Waals surface area (Å²) in [6.07, 6.45) is 1.78. The summed E-state index contributed by atoms with van der Waals surface area (Å²) in [7, 11) is 0. The molecule has 0 fully saturated rings. The van der Waals surface area contributed by atoms with E-state index in [9.17, 15) is 9.18 Å². The lowest BCUT2D eigenvalue weighted by Gasteiger charge is -2.06. The Hall–Kier alpha value is -1.63. The average Bonchev–Trinajstić information content (AvgIpc) is 2.97. The van der Waals surface area contributed by atoms with Gasteiger partial charge < -0.3 is 4.74 Å². The van der Waals surface area contributed by atoms with E-state index in [1.165, 1.54) is 17.4 Å². The summed E-state index contributed by atoms with van der Waals surface area (Å²) >= 11 is 13.2. The van der Waals surface area contributed by atoms with E-state index < -0.39 is 11.8 Å². The third kappa shape index (κ3) is 2.74. The van der Waals surface area contributed by atoms with Gasteiger partial charge in [0, 0.05) is 11.6 Å². The fourth-order valence-electron chi connectivity index (χ4n) is 1.80. The second-order valence-corrected chi connectivity index (χ2v) is 5.74. The highest BCUT2D eigenvalue weighted by molar-refractivity contribution is 7.15. The van der Waals surface area contributed by atoms with Crippen molar-refractivity contribution < 1.29 is 13.9 Å². The summed E-state index contributed by atoms with van der Waals surface area (Å²) in [5, 5.41) is 2.13. The second kappa shape index (κ2) is 5.63. The monoisotopic (exact) mass is 344 g/mol. The van der Waals surface area contributed by atoms with Crippen molar-refractivity contribution >= 4 is 45.5 Å². The fraction of sp³-hybridized carbons (Fsp3) is 0.0769. The Morgan fingerprint density at radius 2 is 2.24 bits per heavy atom. The first-order valence-corrected chi connectivity index (χ1v) is 7.42. The molecule has 0 saturated carbocycles. The number of thiazole rings is 1. The topological polar surface area (TPSA) is 43.6 Å². The van der Waals surface area contributed by atoms with E-state index in [1.54, 1.807) is 10.6 Å². The molecule has 0 unspecified atom stereocenters. The van der Waals surface area contributed by atoms with Crippen LogP contribution in [-0.4, -0.2) is 15.4 Å². The lowest BCUT2D eigenvalue weighted by atomic mass is 10.2. The maximum absolute atomic E-state index is 12.9. The van der Waals surface area contributed by atoms with Crippen molar-refractivity contribution in [2.45, 2.75) is 6.61 Å². The number of nitrogens with zero attached hydrogens (tertiary/aromatic N) is 2. The van der Waals surface area contributed by atoms with Gasteiger partial charge in [0.25, 0.3) is 0 Å². The molecule has 3 aromatic rings. The molecule has 0 aliphatic carbocycles. The summed E-state index contributed by atoms with van der Waals surface area (Å²) in [6.45, 7) is -0.0523. The van der Waals surface area contributed by atoms with Crippen molar-refractivity contribution in [2.75, 3.05) is 0 Å². The van der Waals surface area contributed by atoms with Crippen molar-refractivity contribution in [1.29, 1.82) is 0 Å². The van der Waals surface area contributed by atoms with Crippen LogP contribution in [-0.2, 0) is 11.3 Å². The number of ether oxygens (including phenoxy) is 1. The Bertz CT molecular complexity index is 831. The highest BCUT2D eigenvalue weighted by Gasteiger charge is 2.16. The zero-order chi connectivity index (χ0) is 15.0. The largest absolute Gasteiger partial charge is 0.455 e. The average molecular weight is 345 g/mol. The van der Waals surface area contributed by atoms with Crippen molar-refractivity contribution in [1.82, 2.24) is 9.38 Å². The molecule has 0 aliphatic rings. The molecular weight excluding hydrogens is 338 g/mol. The van der Waals surface area contributed by atoms with Crippen LogP contribution in [0.5, 0.6) is 0 Å². The number of halogens is 3. The molecule has 3 rings (SSSR count). The lowest BCUT2D eigenvalue weighted by molar-refractivity contribution is 0.0467. The number of hydrogen-bond donors (Lipinski definition) is 0. The maximum atomic E-state index is 12.9. The highest BCUT2D eigenvalue weighted by atomic mass is 35.5. The fourth-order valence-corrected chi connectivity index (χ4v) is 3.06. The van der Waals surface area contributed by atoms with Gasteiger partial charge in [0.05, 0.1) is 16.3 Å². The van der Waals surface area contributed by atoms with Gasteiger partial charge in [0.2, 0.25) is 0 Å². The number of esters is 1. The van der Waals surface area contributed by atoms with E-state index in [0.29, 0.717) is 10.7 Å². The van der Waals surface area contributed by atoms with Gasteiger partial charge >= 0.3 is 5.97 Å². The lowest BCUT2D eigenvalue weighted by Crippen LogP contribution is -2.07. The van der Waals surface area contributed by atoms with Crippen molar-refractivity contribution in [3.8, 4) is 0 Å². The molecular formula is C13H7Cl2FN2O2S. The van der Waals surface area contributed by atoms with E-state index in [2.05, 4.69) is 4.98 Å². The summed E-state index contributed by atoms with van der Waals surface area (Å²) in [6, 6.07) is 3.48. The number of carbonyl (C=O) groups excluding carboxylic acids is 1. The second-order valence-electron chi connectivity index (χ2n) is 4.11. The van der Waals surface area contributed by atoms with E-state index in [1.807, 2.05) is 5.38 Å². The molecule has 0 atom stereocenters. The van der Waals surface area contributed by atoms with E-state index in [4.69, 9.17) is 27.9 Å². The Kier molecular flexibility index (Phi) is 3.84. The van der Waals surface area contributed by atoms with Gasteiger partial charge in [0.1, 0.15) is 12.4 Å². The minimum Gasteiger partial charge on any atom is -0.455 e. The predicted octanol–water partition coefficient (Wildman–Crippen LogP) is 4.20. The van der Waals surface area contributed by atoms with Crippen LogP contribution >= 0.6 is 34.5 Å². The number of aromatic nitrogens is 2. The normalized spacial score (nSPS) is 11.0. The maximum Gasteiger partial charge on any atom is 0.340 e. The third-order valence-corrected chi connectivity index (χ3v) is 4.18. The zero-order valence-corrected chi connectivity index (χ0v) is 12.7. The zero-order valence-electron chi connectivity index (χ0n) is 10.3. The van der Waals surface area contributed by atoms with Crippen LogP contribution in [0.3, 0.4) is 0 Å². The van der Waals surface area contributed by atoms with Gasteiger partial charge in [0.15, 0.2) is 10.1 Å². The van der Waals surface area contributed by atoms with Gasteiger partial charge in [-0.3, -0.25) is 4.40 Å². The Morgan fingerprint density at radius 1 is 1.43 bits per heavy atom. The summed E-state index contributed by atoms with van der Waals surface area (Å²) < 4.78 is 19.9. The summed E-state index contributed by atoms with van der Waals surface area (Å²) in [4.78, 5) is 16.8. The molecule has 0 saturated heterocycles. The standard InChI is InChI=1S/C13H7Cl2FN2O2S/c14-9-5-7(16)1-2-8(9)12(19)20-6-10-11(15)17-13-18(10)3-4-21-13/h1-5H,6H2. The SMILES string of the molecule is O=C(OCc1c(Cl)nc2sccn12)c1ccc(F)cc1Cl. The number of imidazole rings is 1. The van der Waals surface area contributed by atoms with Gasteiger partial charge in [-0.15, -0.1) is 11.3 Å². The molecule has 0 radical (unpaired) electrons. The molecule has 8 heteroatoms. The minimum atomic E-state index is -0.652. The van der Waals surface area contributed by atoms with E-state index in [-0.39, 0.29) is 22.3 Å². The number of benzene rings is 1. The number of rotatable bonds is 3. The van der Waals surface area contributed by atoms with Crippen molar-refractivity contribution in [3.63, 3.8) is 0 Å². The van der Waals surface area contributed by atoms with Gasteiger partial charge in [-0.1, -0.05) is 23.2 Å². The molecule has 2 aromatic heterocycles.